The molecule has 2 aliphatic rings. The summed E-state index contributed by atoms with van der Waals surface area (Å²) < 4.78 is 42.8. The molecule has 10 heteroatoms. The van der Waals surface area contributed by atoms with Crippen LogP contribution >= 0.6 is 0 Å². The summed E-state index contributed by atoms with van der Waals surface area (Å²) in [6.07, 6.45) is 1.51. The highest BCUT2D eigenvalue weighted by atomic mass is 19.4. The molecule has 2 aliphatic heterocycles. The van der Waals surface area contributed by atoms with E-state index in [-0.39, 0.29) is 11.3 Å². The van der Waals surface area contributed by atoms with Gasteiger partial charge in [0, 0.05) is 45.1 Å². The molecule has 1 unspecified atom stereocenters. The third-order valence-corrected chi connectivity index (χ3v) is 5.71. The number of likely N-dealkylation sites (tertiary alicyclic amines) is 1. The zero-order valence-electron chi connectivity index (χ0n) is 17.1. The van der Waals surface area contributed by atoms with Crippen LogP contribution in [0.4, 0.5) is 13.2 Å². The van der Waals surface area contributed by atoms with Gasteiger partial charge in [-0.25, -0.2) is 4.79 Å². The van der Waals surface area contributed by atoms with Crippen LogP contribution in [0.5, 0.6) is 0 Å². The maximum Gasteiger partial charge on any atom is 0.490 e. The minimum atomic E-state index is -5.08. The van der Waals surface area contributed by atoms with Crippen molar-refractivity contribution in [2.45, 2.75) is 32.4 Å². The smallest absolute Gasteiger partial charge is 0.475 e. The molecule has 0 bridgehead atoms. The van der Waals surface area contributed by atoms with Crippen molar-refractivity contribution in [1.82, 2.24) is 9.88 Å². The number of alkyl halides is 3. The van der Waals surface area contributed by atoms with Crippen LogP contribution in [-0.4, -0.2) is 73.1 Å². The number of aromatic nitrogens is 1. The average Bonchev–Trinajstić information content (AvgIpc) is 2.70. The van der Waals surface area contributed by atoms with Crippen LogP contribution in [0.25, 0.3) is 0 Å². The summed E-state index contributed by atoms with van der Waals surface area (Å²) >= 11 is 0. The summed E-state index contributed by atoms with van der Waals surface area (Å²) in [4.78, 5) is 27.7. The maximum atomic E-state index is 12.7. The van der Waals surface area contributed by atoms with Gasteiger partial charge in [0.05, 0.1) is 18.8 Å². The molecular formula is C20H27F3N2O5. The number of piperidine rings is 1. The number of amides is 1. The Morgan fingerprint density at radius 2 is 1.93 bits per heavy atom. The Kier molecular flexibility index (Phi) is 8.19. The van der Waals surface area contributed by atoms with Gasteiger partial charge in [-0.1, -0.05) is 0 Å². The van der Waals surface area contributed by atoms with Gasteiger partial charge in [0.2, 0.25) is 0 Å². The molecule has 7 nitrogen and oxygen atoms in total. The standard InChI is InChI=1S/C18H26N2O3.C2HF3O2/c1-14-9-15(11-19-10-14)17(21)20-6-3-18(4-7-20)5-8-23-13-16(18)12-22-2;3-2(4,5)1(6)7/h9-11,16H,3-8,12-13H2,1-2H3;(H,6,7). The first-order valence-electron chi connectivity index (χ1n) is 9.67. The first-order valence-corrected chi connectivity index (χ1v) is 9.67. The number of hydrogen-bond acceptors (Lipinski definition) is 5. The van der Waals surface area contributed by atoms with Gasteiger partial charge in [0.25, 0.3) is 5.91 Å². The first-order chi connectivity index (χ1) is 14.1. The van der Waals surface area contributed by atoms with Gasteiger partial charge >= 0.3 is 12.1 Å². The highest BCUT2D eigenvalue weighted by molar-refractivity contribution is 5.94. The first kappa shape index (κ1) is 24.1. The number of carboxylic acid groups (broad SMARTS) is 1. The third-order valence-electron chi connectivity index (χ3n) is 5.71. The Labute approximate surface area is 173 Å². The van der Waals surface area contributed by atoms with Gasteiger partial charge in [-0.05, 0) is 43.2 Å². The maximum absolute atomic E-state index is 12.7. The number of carbonyl (C=O) groups excluding carboxylic acids is 1. The van der Waals surface area contributed by atoms with E-state index < -0.39 is 12.1 Å². The Hall–Kier alpha value is -2.20. The lowest BCUT2D eigenvalue weighted by atomic mass is 9.66. The van der Waals surface area contributed by atoms with Crippen molar-refractivity contribution < 1.29 is 37.3 Å². The lowest BCUT2D eigenvalue weighted by molar-refractivity contribution is -0.192. The van der Waals surface area contributed by atoms with E-state index in [9.17, 15) is 18.0 Å². The second kappa shape index (κ2) is 10.2. The molecule has 3 heterocycles. The molecule has 1 spiro atoms. The number of halogens is 3. The van der Waals surface area contributed by atoms with Crippen molar-refractivity contribution >= 4 is 11.9 Å². The van der Waals surface area contributed by atoms with Crippen LogP contribution in [0.1, 0.15) is 35.2 Å². The minimum Gasteiger partial charge on any atom is -0.475 e. The highest BCUT2D eigenvalue weighted by Gasteiger charge is 2.44. The van der Waals surface area contributed by atoms with Crippen LogP contribution in [0.15, 0.2) is 18.5 Å². The second-order valence-corrected chi connectivity index (χ2v) is 7.69. The fourth-order valence-corrected chi connectivity index (χ4v) is 3.98. The third kappa shape index (κ3) is 6.15. The van der Waals surface area contributed by atoms with Crippen molar-refractivity contribution in [2.24, 2.45) is 11.3 Å². The summed E-state index contributed by atoms with van der Waals surface area (Å²) in [5, 5.41) is 7.12. The monoisotopic (exact) mass is 432 g/mol. The summed E-state index contributed by atoms with van der Waals surface area (Å²) in [5.74, 6) is -2.21. The molecule has 1 aromatic rings. The van der Waals surface area contributed by atoms with Gasteiger partial charge in [-0.2, -0.15) is 13.2 Å². The Bertz CT molecular complexity index is 731. The van der Waals surface area contributed by atoms with Crippen molar-refractivity contribution in [3.8, 4) is 0 Å². The topological polar surface area (TPSA) is 89.0 Å². The zero-order chi connectivity index (χ0) is 22.4. The van der Waals surface area contributed by atoms with Crippen molar-refractivity contribution in [3.05, 3.63) is 29.6 Å². The SMILES string of the molecule is COCC1COCCC12CCN(C(=O)c1cncc(C)c1)CC2.O=C(O)C(F)(F)F. The molecule has 0 aliphatic carbocycles. The fourth-order valence-electron chi connectivity index (χ4n) is 3.98. The number of methoxy groups -OCH3 is 1. The molecule has 0 aromatic carbocycles. The molecule has 3 rings (SSSR count). The van der Waals surface area contributed by atoms with Crippen molar-refractivity contribution in [3.63, 3.8) is 0 Å². The molecule has 1 atom stereocenters. The van der Waals surface area contributed by atoms with Crippen LogP contribution in [0.3, 0.4) is 0 Å². The highest BCUT2D eigenvalue weighted by Crippen LogP contribution is 2.44. The molecule has 1 amide bonds. The molecule has 30 heavy (non-hydrogen) atoms. The second-order valence-electron chi connectivity index (χ2n) is 7.69. The van der Waals surface area contributed by atoms with Gasteiger partial charge in [-0.15, -0.1) is 0 Å². The van der Waals surface area contributed by atoms with E-state index in [1.165, 1.54) is 0 Å². The molecular weight excluding hydrogens is 405 g/mol. The van der Waals surface area contributed by atoms with E-state index in [1.54, 1.807) is 19.5 Å². The van der Waals surface area contributed by atoms with Gasteiger partial charge in [0.1, 0.15) is 0 Å². The summed E-state index contributed by atoms with van der Waals surface area (Å²) in [5.41, 5.74) is 1.99. The summed E-state index contributed by atoms with van der Waals surface area (Å²) in [6, 6.07) is 1.92. The summed E-state index contributed by atoms with van der Waals surface area (Å²) in [7, 11) is 1.76. The number of nitrogens with zero attached hydrogens (tertiary/aromatic N) is 2. The predicted molar refractivity (Wildman–Crippen MR) is 101 cm³/mol. The van der Waals surface area contributed by atoms with E-state index in [4.69, 9.17) is 19.4 Å². The van der Waals surface area contributed by atoms with Crippen molar-refractivity contribution in [1.29, 1.82) is 0 Å². The Balaban J connectivity index is 0.000000396. The van der Waals surface area contributed by atoms with Crippen molar-refractivity contribution in [2.75, 3.05) is 40.0 Å². The molecule has 0 radical (unpaired) electrons. The van der Waals surface area contributed by atoms with Gasteiger partial charge < -0.3 is 19.5 Å². The average molecular weight is 432 g/mol. The normalized spacial score (nSPS) is 21.0. The minimum absolute atomic E-state index is 0.103. The van der Waals surface area contributed by atoms with E-state index in [0.717, 1.165) is 57.7 Å². The number of aliphatic carboxylic acids is 1. The van der Waals surface area contributed by atoms with Gasteiger partial charge in [-0.3, -0.25) is 9.78 Å². The molecule has 2 fully saturated rings. The predicted octanol–water partition coefficient (Wildman–Crippen LogP) is 2.93. The Morgan fingerprint density at radius 3 is 2.47 bits per heavy atom. The Morgan fingerprint density at radius 1 is 1.30 bits per heavy atom. The number of ether oxygens (including phenoxy) is 2. The largest absolute Gasteiger partial charge is 0.490 e. The number of hydrogen-bond donors (Lipinski definition) is 1. The van der Waals surface area contributed by atoms with Gasteiger partial charge in [0.15, 0.2) is 0 Å². The van der Waals surface area contributed by atoms with Crippen LogP contribution in [-0.2, 0) is 14.3 Å². The summed E-state index contributed by atoms with van der Waals surface area (Å²) in [6.45, 7) is 5.95. The quantitative estimate of drug-likeness (QED) is 0.790. The lowest BCUT2D eigenvalue weighted by Gasteiger charge is -2.48. The number of carbonyl (C=O) groups is 2. The molecule has 1 N–H and O–H groups in total. The van der Waals surface area contributed by atoms with Crippen LogP contribution in [0.2, 0.25) is 0 Å². The lowest BCUT2D eigenvalue weighted by Crippen LogP contribution is -2.50. The molecule has 1 aromatic heterocycles. The van der Waals surface area contributed by atoms with E-state index >= 15 is 0 Å². The number of carboxylic acids is 1. The molecule has 168 valence electrons. The molecule has 0 saturated carbocycles. The van der Waals surface area contributed by atoms with E-state index in [0.29, 0.717) is 11.5 Å². The van der Waals surface area contributed by atoms with Crippen LogP contribution < -0.4 is 0 Å². The number of pyridine rings is 1. The van der Waals surface area contributed by atoms with E-state index in [1.807, 2.05) is 17.9 Å². The fraction of sp³-hybridized carbons (Fsp3) is 0.650. The molecule has 2 saturated heterocycles. The number of rotatable bonds is 3. The number of aryl methyl sites for hydroxylation is 1. The van der Waals surface area contributed by atoms with E-state index in [2.05, 4.69) is 4.98 Å². The van der Waals surface area contributed by atoms with Crippen LogP contribution in [0, 0.1) is 18.3 Å². The zero-order valence-corrected chi connectivity index (χ0v) is 17.1.